The van der Waals surface area contributed by atoms with Gasteiger partial charge < -0.3 is 5.11 Å². The highest BCUT2D eigenvalue weighted by atomic mass is 16.3. The molecule has 0 amide bonds. The summed E-state index contributed by atoms with van der Waals surface area (Å²) in [5, 5.41) is 8.96. The van der Waals surface area contributed by atoms with Gasteiger partial charge in [0.2, 0.25) is 0 Å². The molecule has 21 heavy (non-hydrogen) atoms. The minimum absolute atomic E-state index is 0.0724. The zero-order valence-corrected chi connectivity index (χ0v) is 12.5. The Hall–Kier alpha value is -1.81. The van der Waals surface area contributed by atoms with Gasteiger partial charge in [0, 0.05) is 17.7 Å². The third kappa shape index (κ3) is 3.64. The molecule has 1 aliphatic carbocycles. The molecule has 0 aromatic heterocycles. The first-order valence-electron chi connectivity index (χ1n) is 7.21. The molecule has 1 unspecified atom stereocenters. The maximum absolute atomic E-state index is 12.6. The van der Waals surface area contributed by atoms with E-state index in [1.807, 2.05) is 19.9 Å². The van der Waals surface area contributed by atoms with Crippen LogP contribution in [-0.4, -0.2) is 35.5 Å². The molecule has 0 radical (unpaired) electrons. The number of carbonyl (C=O) groups excluding carboxylic acids is 2. The number of aliphatic hydroxyl groups excluding tert-OH is 1. The van der Waals surface area contributed by atoms with Crippen molar-refractivity contribution in [2.75, 3.05) is 13.2 Å². The molecule has 1 aliphatic rings. The third-order valence-corrected chi connectivity index (χ3v) is 3.70. The van der Waals surface area contributed by atoms with E-state index in [0.29, 0.717) is 24.1 Å². The number of benzene rings is 1. The average molecular weight is 287 g/mol. The highest BCUT2D eigenvalue weighted by molar-refractivity contribution is 6.26. The molecule has 0 heterocycles. The van der Waals surface area contributed by atoms with Crippen LogP contribution < -0.4 is 0 Å². The van der Waals surface area contributed by atoms with Crippen LogP contribution in [0.15, 0.2) is 35.3 Å². The molecular weight excluding hydrogens is 266 g/mol. The van der Waals surface area contributed by atoms with Crippen molar-refractivity contribution in [3.05, 3.63) is 35.9 Å². The third-order valence-electron chi connectivity index (χ3n) is 3.70. The Balaban J connectivity index is 2.34. The Kier molecular flexibility index (Phi) is 4.68. The second-order valence-electron chi connectivity index (χ2n) is 6.24. The van der Waals surface area contributed by atoms with Crippen molar-refractivity contribution >= 4 is 17.3 Å². The average Bonchev–Trinajstić information content (AvgIpc) is 2.44. The van der Waals surface area contributed by atoms with Crippen LogP contribution in [-0.2, 0) is 4.79 Å². The Morgan fingerprint density at radius 2 is 1.95 bits per heavy atom. The molecule has 0 aliphatic heterocycles. The van der Waals surface area contributed by atoms with E-state index in [4.69, 9.17) is 5.11 Å². The van der Waals surface area contributed by atoms with Crippen LogP contribution in [0.25, 0.3) is 0 Å². The van der Waals surface area contributed by atoms with Crippen molar-refractivity contribution in [3.8, 4) is 0 Å². The van der Waals surface area contributed by atoms with Gasteiger partial charge in [0.15, 0.2) is 5.78 Å². The fourth-order valence-corrected chi connectivity index (χ4v) is 2.82. The lowest BCUT2D eigenvalue weighted by atomic mass is 9.69. The van der Waals surface area contributed by atoms with Crippen LogP contribution in [0.1, 0.15) is 37.0 Å². The highest BCUT2D eigenvalue weighted by Crippen LogP contribution is 2.35. The van der Waals surface area contributed by atoms with Crippen molar-refractivity contribution < 1.29 is 14.7 Å². The quantitative estimate of drug-likeness (QED) is 0.682. The van der Waals surface area contributed by atoms with Crippen LogP contribution in [0, 0.1) is 11.3 Å². The molecule has 2 rings (SSSR count). The number of Topliss-reactive ketones (excluding diaryl/α,β-unsaturated/α-hetero) is 2. The Morgan fingerprint density at radius 1 is 1.29 bits per heavy atom. The molecule has 0 spiro atoms. The lowest BCUT2D eigenvalue weighted by Crippen LogP contribution is -2.42. The van der Waals surface area contributed by atoms with Crippen LogP contribution in [0.3, 0.4) is 0 Å². The molecule has 1 aromatic carbocycles. The first kappa shape index (κ1) is 15.6. The summed E-state index contributed by atoms with van der Waals surface area (Å²) in [7, 11) is 0. The topological polar surface area (TPSA) is 66.7 Å². The summed E-state index contributed by atoms with van der Waals surface area (Å²) in [6.45, 7) is 4.16. The molecule has 1 fully saturated rings. The maximum atomic E-state index is 12.6. The Labute approximate surface area is 124 Å². The molecule has 1 atom stereocenters. The summed E-state index contributed by atoms with van der Waals surface area (Å²) in [6.07, 6.45) is 0.996. The van der Waals surface area contributed by atoms with Gasteiger partial charge in [0.25, 0.3) is 0 Å². The Morgan fingerprint density at radius 3 is 2.57 bits per heavy atom. The number of aliphatic imine (C=N–C) groups is 1. The fraction of sp³-hybridized carbons (Fsp3) is 0.471. The van der Waals surface area contributed by atoms with Crippen LogP contribution in [0.4, 0.5) is 0 Å². The number of hydrogen-bond acceptors (Lipinski definition) is 4. The SMILES string of the molecule is CC1(C)CC(=O)C(C(=O)c2ccccc2)C(=NCCO)C1. The van der Waals surface area contributed by atoms with E-state index in [9.17, 15) is 9.59 Å². The smallest absolute Gasteiger partial charge is 0.178 e. The predicted octanol–water partition coefficient (Wildman–Crippen LogP) is 2.31. The molecule has 4 nitrogen and oxygen atoms in total. The van der Waals surface area contributed by atoms with E-state index in [0.717, 1.165) is 0 Å². The lowest BCUT2D eigenvalue weighted by Gasteiger charge is -2.34. The molecule has 4 heteroatoms. The van der Waals surface area contributed by atoms with Crippen molar-refractivity contribution in [1.82, 2.24) is 0 Å². The molecular formula is C17H21NO3. The van der Waals surface area contributed by atoms with E-state index < -0.39 is 5.92 Å². The lowest BCUT2D eigenvalue weighted by molar-refractivity contribution is -0.122. The van der Waals surface area contributed by atoms with Gasteiger partial charge >= 0.3 is 0 Å². The van der Waals surface area contributed by atoms with Gasteiger partial charge in [-0.2, -0.15) is 0 Å². The molecule has 0 saturated heterocycles. The summed E-state index contributed by atoms with van der Waals surface area (Å²) in [5.74, 6) is -1.04. The number of hydrogen-bond donors (Lipinski definition) is 1. The summed E-state index contributed by atoms with van der Waals surface area (Å²) in [4.78, 5) is 29.4. The number of aliphatic hydroxyl groups is 1. The predicted molar refractivity (Wildman–Crippen MR) is 81.7 cm³/mol. The van der Waals surface area contributed by atoms with E-state index in [1.54, 1.807) is 24.3 Å². The fourth-order valence-electron chi connectivity index (χ4n) is 2.82. The first-order valence-corrected chi connectivity index (χ1v) is 7.21. The maximum Gasteiger partial charge on any atom is 0.178 e. The van der Waals surface area contributed by atoms with Crippen molar-refractivity contribution in [1.29, 1.82) is 0 Å². The van der Waals surface area contributed by atoms with Gasteiger partial charge in [-0.05, 0) is 11.8 Å². The van der Waals surface area contributed by atoms with Gasteiger partial charge in [0.05, 0.1) is 13.2 Å². The van der Waals surface area contributed by atoms with E-state index in [1.165, 1.54) is 0 Å². The first-order chi connectivity index (χ1) is 9.94. The standard InChI is InChI=1S/C17H21NO3/c1-17(2)10-13(18-8-9-19)15(14(20)11-17)16(21)12-6-4-3-5-7-12/h3-7,15,19H,8-11H2,1-2H3. The summed E-state index contributed by atoms with van der Waals surface area (Å²) >= 11 is 0. The molecule has 112 valence electrons. The Bertz CT molecular complexity index is 561. The second-order valence-corrected chi connectivity index (χ2v) is 6.24. The number of ketones is 2. The van der Waals surface area contributed by atoms with Crippen LogP contribution in [0.2, 0.25) is 0 Å². The number of nitrogens with zero attached hydrogens (tertiary/aromatic N) is 1. The van der Waals surface area contributed by atoms with Gasteiger partial charge in [-0.1, -0.05) is 44.2 Å². The van der Waals surface area contributed by atoms with Crippen LogP contribution in [0.5, 0.6) is 0 Å². The van der Waals surface area contributed by atoms with Crippen molar-refractivity contribution in [3.63, 3.8) is 0 Å². The van der Waals surface area contributed by atoms with E-state index in [-0.39, 0.29) is 30.1 Å². The minimum atomic E-state index is -0.785. The van der Waals surface area contributed by atoms with E-state index >= 15 is 0 Å². The van der Waals surface area contributed by atoms with Crippen LogP contribution >= 0.6 is 0 Å². The number of rotatable bonds is 4. The monoisotopic (exact) mass is 287 g/mol. The zero-order valence-electron chi connectivity index (χ0n) is 12.5. The van der Waals surface area contributed by atoms with Crippen molar-refractivity contribution in [2.45, 2.75) is 26.7 Å². The number of carbonyl (C=O) groups is 2. The van der Waals surface area contributed by atoms with Gasteiger partial charge in [-0.15, -0.1) is 0 Å². The molecule has 0 bridgehead atoms. The molecule has 1 N–H and O–H groups in total. The summed E-state index contributed by atoms with van der Waals surface area (Å²) in [5.41, 5.74) is 0.963. The molecule has 1 aromatic rings. The second kappa shape index (κ2) is 6.31. The summed E-state index contributed by atoms with van der Waals surface area (Å²) < 4.78 is 0. The van der Waals surface area contributed by atoms with E-state index in [2.05, 4.69) is 4.99 Å². The van der Waals surface area contributed by atoms with Gasteiger partial charge in [-0.25, -0.2) is 0 Å². The van der Waals surface area contributed by atoms with Crippen molar-refractivity contribution in [2.24, 2.45) is 16.3 Å². The highest BCUT2D eigenvalue weighted by Gasteiger charge is 2.41. The normalized spacial score (nSPS) is 23.3. The zero-order chi connectivity index (χ0) is 15.5. The van der Waals surface area contributed by atoms with Gasteiger partial charge in [-0.3, -0.25) is 14.6 Å². The minimum Gasteiger partial charge on any atom is -0.394 e. The summed E-state index contributed by atoms with van der Waals surface area (Å²) in [6, 6.07) is 8.85. The van der Waals surface area contributed by atoms with Gasteiger partial charge in [0.1, 0.15) is 11.7 Å². The largest absolute Gasteiger partial charge is 0.394 e. The molecule has 1 saturated carbocycles.